The van der Waals surface area contributed by atoms with Crippen LogP contribution < -0.4 is 0 Å². The van der Waals surface area contributed by atoms with Crippen molar-refractivity contribution < 1.29 is 0 Å². The van der Waals surface area contributed by atoms with Crippen molar-refractivity contribution in [1.82, 2.24) is 15.0 Å². The highest BCUT2D eigenvalue weighted by molar-refractivity contribution is 8.01. The Bertz CT molecular complexity index is 459. The molecule has 0 unspecified atom stereocenters. The van der Waals surface area contributed by atoms with E-state index in [1.165, 1.54) is 11.8 Å². The van der Waals surface area contributed by atoms with E-state index in [0.29, 0.717) is 5.15 Å². The lowest BCUT2D eigenvalue weighted by molar-refractivity contribution is 0.809. The third-order valence-corrected chi connectivity index (χ3v) is 3.79. The van der Waals surface area contributed by atoms with Crippen molar-refractivity contribution in [2.75, 3.05) is 0 Å². The van der Waals surface area contributed by atoms with Crippen molar-refractivity contribution in [3.05, 3.63) is 28.6 Å². The van der Waals surface area contributed by atoms with Crippen LogP contribution in [-0.2, 0) is 6.42 Å². The first-order valence-corrected chi connectivity index (χ1v) is 6.96. The molecule has 0 bridgehead atoms. The minimum Gasteiger partial charge on any atom is -0.238 e. The summed E-state index contributed by atoms with van der Waals surface area (Å²) in [6.45, 7) is 2.10. The Labute approximate surface area is 107 Å². The zero-order valence-corrected chi connectivity index (χ0v) is 11.1. The number of halogens is 1. The first-order valence-electron chi connectivity index (χ1n) is 4.88. The molecule has 0 atom stereocenters. The summed E-state index contributed by atoms with van der Waals surface area (Å²) in [5.41, 5.74) is 0. The van der Waals surface area contributed by atoms with Gasteiger partial charge in [-0.2, -0.15) is 0 Å². The molecule has 84 valence electrons. The van der Waals surface area contributed by atoms with E-state index in [9.17, 15) is 0 Å². The number of thiazole rings is 1. The first kappa shape index (κ1) is 11.8. The van der Waals surface area contributed by atoms with Crippen LogP contribution in [-0.4, -0.2) is 15.0 Å². The molecule has 0 aliphatic rings. The largest absolute Gasteiger partial charge is 0.238 e. The number of aryl methyl sites for hydroxylation is 1. The Kier molecular flexibility index (Phi) is 4.15. The minimum absolute atomic E-state index is 0.498. The maximum atomic E-state index is 5.94. The van der Waals surface area contributed by atoms with E-state index in [0.717, 1.165) is 28.0 Å². The maximum Gasteiger partial charge on any atom is 0.156 e. The number of aromatic nitrogens is 3. The van der Waals surface area contributed by atoms with Crippen LogP contribution in [0.5, 0.6) is 0 Å². The molecule has 0 aromatic carbocycles. The van der Waals surface area contributed by atoms with E-state index in [2.05, 4.69) is 21.9 Å². The molecule has 16 heavy (non-hydrogen) atoms. The quantitative estimate of drug-likeness (QED) is 0.795. The Hall–Kier alpha value is -0.650. The highest BCUT2D eigenvalue weighted by Gasteiger charge is 2.06. The summed E-state index contributed by atoms with van der Waals surface area (Å²) in [7, 11) is 0. The third-order valence-electron chi connectivity index (χ3n) is 1.79. The minimum atomic E-state index is 0.498. The average molecular weight is 272 g/mol. The number of hydrogen-bond donors (Lipinski definition) is 0. The van der Waals surface area contributed by atoms with E-state index in [4.69, 9.17) is 11.6 Å². The molecule has 2 heterocycles. The van der Waals surface area contributed by atoms with Crippen LogP contribution in [0.3, 0.4) is 0 Å². The van der Waals surface area contributed by atoms with Gasteiger partial charge in [-0.3, -0.25) is 0 Å². The maximum absolute atomic E-state index is 5.94. The molecule has 2 aromatic heterocycles. The fourth-order valence-electron chi connectivity index (χ4n) is 1.18. The molecule has 0 spiro atoms. The molecule has 0 amide bonds. The first-order chi connectivity index (χ1) is 7.78. The van der Waals surface area contributed by atoms with E-state index in [1.54, 1.807) is 23.6 Å². The van der Waals surface area contributed by atoms with E-state index >= 15 is 0 Å². The van der Waals surface area contributed by atoms with Crippen molar-refractivity contribution in [1.29, 1.82) is 0 Å². The second-order valence-corrected chi connectivity index (χ2v) is 5.64. The van der Waals surface area contributed by atoms with Crippen LogP contribution in [0, 0.1) is 0 Å². The lowest BCUT2D eigenvalue weighted by Gasteiger charge is -2.02. The average Bonchev–Trinajstić information content (AvgIpc) is 2.70. The number of hydrogen-bond acceptors (Lipinski definition) is 5. The second kappa shape index (κ2) is 5.61. The van der Waals surface area contributed by atoms with Crippen LogP contribution in [0.25, 0.3) is 0 Å². The van der Waals surface area contributed by atoms with Gasteiger partial charge in [0.2, 0.25) is 0 Å². The lowest BCUT2D eigenvalue weighted by Crippen LogP contribution is -1.95. The molecule has 2 aromatic rings. The van der Waals surface area contributed by atoms with Gasteiger partial charge in [0.1, 0.15) is 16.0 Å². The molecule has 2 rings (SSSR count). The highest BCUT2D eigenvalue weighted by Crippen LogP contribution is 2.28. The number of rotatable bonds is 4. The van der Waals surface area contributed by atoms with Gasteiger partial charge in [0.05, 0.1) is 0 Å². The normalized spacial score (nSPS) is 10.6. The fraction of sp³-hybridized carbons (Fsp3) is 0.300. The molecule has 0 radical (unpaired) electrons. The van der Waals surface area contributed by atoms with Crippen molar-refractivity contribution >= 4 is 34.7 Å². The molecule has 6 heteroatoms. The smallest absolute Gasteiger partial charge is 0.156 e. The Morgan fingerprint density at radius 3 is 3.00 bits per heavy atom. The summed E-state index contributed by atoms with van der Waals surface area (Å²) in [6.07, 6.45) is 3.65. The van der Waals surface area contributed by atoms with Crippen molar-refractivity contribution in [3.63, 3.8) is 0 Å². The molecule has 0 aliphatic carbocycles. The van der Waals surface area contributed by atoms with Gasteiger partial charge >= 0.3 is 0 Å². The topological polar surface area (TPSA) is 38.7 Å². The second-order valence-electron chi connectivity index (χ2n) is 3.10. The molecule has 0 fully saturated rings. The predicted octanol–water partition coefficient (Wildman–Crippen LogP) is 3.69. The van der Waals surface area contributed by atoms with Gasteiger partial charge in [-0.25, -0.2) is 15.0 Å². The van der Waals surface area contributed by atoms with Crippen molar-refractivity contribution in [2.24, 2.45) is 0 Å². The van der Waals surface area contributed by atoms with Crippen LogP contribution in [0.1, 0.15) is 19.2 Å². The van der Waals surface area contributed by atoms with Gasteiger partial charge in [-0.1, -0.05) is 18.5 Å². The van der Waals surface area contributed by atoms with Crippen LogP contribution >= 0.6 is 34.7 Å². The van der Waals surface area contributed by atoms with Crippen molar-refractivity contribution in [2.45, 2.75) is 29.1 Å². The Balaban J connectivity index is 2.20. The van der Waals surface area contributed by atoms with E-state index < -0.39 is 0 Å². The predicted molar refractivity (Wildman–Crippen MR) is 67.3 cm³/mol. The van der Waals surface area contributed by atoms with Gasteiger partial charge in [0.25, 0.3) is 0 Å². The van der Waals surface area contributed by atoms with Crippen LogP contribution in [0.15, 0.2) is 27.0 Å². The lowest BCUT2D eigenvalue weighted by atomic mass is 10.3. The SMILES string of the molecule is CCCc1nc(Cl)cc(Sc2nccs2)n1. The highest BCUT2D eigenvalue weighted by atomic mass is 35.5. The van der Waals surface area contributed by atoms with Crippen LogP contribution in [0.2, 0.25) is 5.15 Å². The summed E-state index contributed by atoms with van der Waals surface area (Å²) in [4.78, 5) is 12.8. The third kappa shape index (κ3) is 3.17. The van der Waals surface area contributed by atoms with Gasteiger partial charge in [-0.15, -0.1) is 11.3 Å². The zero-order chi connectivity index (χ0) is 11.4. The van der Waals surface area contributed by atoms with Gasteiger partial charge in [0.15, 0.2) is 4.34 Å². The standard InChI is InChI=1S/C10H10ClN3S2/c1-2-3-8-13-7(11)6-9(14-8)16-10-12-4-5-15-10/h4-6H,2-3H2,1H3. The summed E-state index contributed by atoms with van der Waals surface area (Å²) in [5, 5.41) is 3.30. The van der Waals surface area contributed by atoms with Crippen molar-refractivity contribution in [3.8, 4) is 0 Å². The summed E-state index contributed by atoms with van der Waals surface area (Å²) in [5.74, 6) is 0.800. The number of nitrogens with zero attached hydrogens (tertiary/aromatic N) is 3. The molecule has 0 aliphatic heterocycles. The monoisotopic (exact) mass is 271 g/mol. The van der Waals surface area contributed by atoms with Gasteiger partial charge in [-0.05, 0) is 18.2 Å². The van der Waals surface area contributed by atoms with Crippen LogP contribution in [0.4, 0.5) is 0 Å². The fourth-order valence-corrected chi connectivity index (χ4v) is 3.03. The zero-order valence-electron chi connectivity index (χ0n) is 8.68. The van der Waals surface area contributed by atoms with Gasteiger partial charge in [0, 0.05) is 24.1 Å². The van der Waals surface area contributed by atoms with E-state index in [-0.39, 0.29) is 0 Å². The molecule has 0 saturated carbocycles. The molecule has 3 nitrogen and oxygen atoms in total. The summed E-state index contributed by atoms with van der Waals surface area (Å²) >= 11 is 9.06. The molecule has 0 N–H and O–H groups in total. The summed E-state index contributed by atoms with van der Waals surface area (Å²) < 4.78 is 0.970. The summed E-state index contributed by atoms with van der Waals surface area (Å²) in [6, 6.07) is 1.77. The molecular formula is C10H10ClN3S2. The molecule has 0 saturated heterocycles. The Morgan fingerprint density at radius 2 is 2.31 bits per heavy atom. The Morgan fingerprint density at radius 1 is 1.44 bits per heavy atom. The van der Waals surface area contributed by atoms with E-state index in [1.807, 2.05) is 5.38 Å². The van der Waals surface area contributed by atoms with Gasteiger partial charge < -0.3 is 0 Å². The molecular weight excluding hydrogens is 262 g/mol.